The number of hydrogen-bond donors (Lipinski definition) is 0. The van der Waals surface area contributed by atoms with Crippen LogP contribution in [0.3, 0.4) is 0 Å². The van der Waals surface area contributed by atoms with Gasteiger partial charge in [0.1, 0.15) is 5.83 Å². The minimum Gasteiger partial charge on any atom is -0.210 e. The van der Waals surface area contributed by atoms with Gasteiger partial charge in [0.05, 0.1) is 5.92 Å². The van der Waals surface area contributed by atoms with Crippen molar-refractivity contribution in [3.63, 3.8) is 0 Å². The van der Waals surface area contributed by atoms with Crippen LogP contribution in [0.1, 0.15) is 27.2 Å². The van der Waals surface area contributed by atoms with Gasteiger partial charge in [-0.1, -0.05) is 25.3 Å². The molecule has 0 bridgehead atoms. The van der Waals surface area contributed by atoms with Crippen LogP contribution in [-0.4, -0.2) is 0 Å². The fraction of sp³-hybridized carbons (Fsp3) is 0.500. The Morgan fingerprint density at radius 3 is 2.69 bits per heavy atom. The molecule has 0 heterocycles. The van der Waals surface area contributed by atoms with E-state index >= 15 is 0 Å². The number of hydrogen-bond acceptors (Lipinski definition) is 0. The predicted molar refractivity (Wildman–Crippen MR) is 53.7 cm³/mol. The topological polar surface area (TPSA) is 0 Å². The van der Waals surface area contributed by atoms with Crippen molar-refractivity contribution in [1.29, 1.82) is 0 Å². The van der Waals surface area contributed by atoms with E-state index in [0.717, 1.165) is 5.57 Å². The van der Waals surface area contributed by atoms with E-state index in [1.807, 2.05) is 6.92 Å². The minimum absolute atomic E-state index is 0.163. The molecule has 1 unspecified atom stereocenters. The standard InChI is InChI=1S/C12H15F/c1-5-10-7-11(8(2)3)9(4)6-12(10)13/h1,6,8,10H,7H2,2-4H3. The third-order valence-corrected chi connectivity index (χ3v) is 2.52. The third-order valence-electron chi connectivity index (χ3n) is 2.52. The molecule has 0 aromatic heterocycles. The maximum atomic E-state index is 13.2. The molecule has 1 aliphatic rings. The normalized spacial score (nSPS) is 23.1. The van der Waals surface area contributed by atoms with Crippen molar-refractivity contribution in [1.82, 2.24) is 0 Å². The number of terminal acetylenes is 1. The molecule has 1 heteroatoms. The Morgan fingerprint density at radius 1 is 1.62 bits per heavy atom. The average Bonchev–Trinajstić information content (AvgIpc) is 2.03. The Morgan fingerprint density at radius 2 is 2.23 bits per heavy atom. The van der Waals surface area contributed by atoms with E-state index in [4.69, 9.17) is 6.42 Å². The number of rotatable bonds is 1. The number of allylic oxidation sites excluding steroid dienone is 4. The molecule has 1 rings (SSSR count). The molecule has 1 atom stereocenters. The van der Waals surface area contributed by atoms with Gasteiger partial charge in [0, 0.05) is 0 Å². The molecule has 13 heavy (non-hydrogen) atoms. The van der Waals surface area contributed by atoms with Crippen LogP contribution in [-0.2, 0) is 0 Å². The minimum atomic E-state index is -0.332. The molecule has 0 spiro atoms. The summed E-state index contributed by atoms with van der Waals surface area (Å²) in [6, 6.07) is 0. The lowest BCUT2D eigenvalue weighted by atomic mass is 9.84. The fourth-order valence-electron chi connectivity index (χ4n) is 1.71. The van der Waals surface area contributed by atoms with Gasteiger partial charge in [-0.25, -0.2) is 4.39 Å². The van der Waals surface area contributed by atoms with Gasteiger partial charge >= 0.3 is 0 Å². The zero-order valence-corrected chi connectivity index (χ0v) is 8.39. The summed E-state index contributed by atoms with van der Waals surface area (Å²) < 4.78 is 13.2. The highest BCUT2D eigenvalue weighted by atomic mass is 19.1. The van der Waals surface area contributed by atoms with E-state index in [1.54, 1.807) is 6.08 Å². The van der Waals surface area contributed by atoms with Gasteiger partial charge in [0.2, 0.25) is 0 Å². The average molecular weight is 178 g/mol. The third kappa shape index (κ3) is 2.01. The van der Waals surface area contributed by atoms with Crippen molar-refractivity contribution in [3.8, 4) is 12.3 Å². The van der Waals surface area contributed by atoms with E-state index in [0.29, 0.717) is 12.3 Å². The lowest BCUT2D eigenvalue weighted by Crippen LogP contribution is -2.10. The largest absolute Gasteiger partial charge is 0.210 e. The van der Waals surface area contributed by atoms with Gasteiger partial charge in [-0.3, -0.25) is 0 Å². The summed E-state index contributed by atoms with van der Waals surface area (Å²) in [4.78, 5) is 0. The molecule has 0 radical (unpaired) electrons. The van der Waals surface area contributed by atoms with Gasteiger partial charge in [-0.2, -0.15) is 0 Å². The van der Waals surface area contributed by atoms with E-state index in [2.05, 4.69) is 19.8 Å². The van der Waals surface area contributed by atoms with Crippen LogP contribution in [0.25, 0.3) is 0 Å². The first-order valence-corrected chi connectivity index (χ1v) is 4.59. The molecule has 0 saturated heterocycles. The summed E-state index contributed by atoms with van der Waals surface area (Å²) in [5, 5.41) is 0. The van der Waals surface area contributed by atoms with E-state index in [1.165, 1.54) is 5.57 Å². The van der Waals surface area contributed by atoms with Crippen LogP contribution < -0.4 is 0 Å². The van der Waals surface area contributed by atoms with Crippen LogP contribution in [0.4, 0.5) is 4.39 Å². The Kier molecular flexibility index (Phi) is 2.93. The number of halogens is 1. The summed E-state index contributed by atoms with van der Waals surface area (Å²) in [5.74, 6) is 2.45. The molecular weight excluding hydrogens is 163 g/mol. The molecule has 0 N–H and O–H groups in total. The second kappa shape index (κ2) is 3.79. The monoisotopic (exact) mass is 178 g/mol. The van der Waals surface area contributed by atoms with Crippen LogP contribution >= 0.6 is 0 Å². The molecule has 0 saturated carbocycles. The molecule has 0 fully saturated rings. The molecule has 0 aromatic carbocycles. The zero-order valence-electron chi connectivity index (χ0n) is 8.39. The lowest BCUT2D eigenvalue weighted by molar-refractivity contribution is 0.504. The van der Waals surface area contributed by atoms with Crippen LogP contribution in [0.5, 0.6) is 0 Å². The molecule has 1 aliphatic carbocycles. The highest BCUT2D eigenvalue weighted by Crippen LogP contribution is 2.33. The maximum Gasteiger partial charge on any atom is 0.115 e. The Bertz CT molecular complexity index is 300. The summed E-state index contributed by atoms with van der Waals surface area (Å²) in [6.07, 6.45) is 7.50. The van der Waals surface area contributed by atoms with Crippen molar-refractivity contribution in [2.45, 2.75) is 27.2 Å². The van der Waals surface area contributed by atoms with Crippen LogP contribution in [0.15, 0.2) is 23.0 Å². The van der Waals surface area contributed by atoms with Gasteiger partial charge in [0.15, 0.2) is 0 Å². The summed E-state index contributed by atoms with van der Waals surface area (Å²) >= 11 is 0. The zero-order chi connectivity index (χ0) is 10.0. The van der Waals surface area contributed by atoms with E-state index in [-0.39, 0.29) is 11.7 Å². The Balaban J connectivity index is 2.99. The molecule has 0 nitrogen and oxygen atoms in total. The smallest absolute Gasteiger partial charge is 0.115 e. The summed E-state index contributed by atoms with van der Waals surface area (Å²) in [7, 11) is 0. The van der Waals surface area contributed by atoms with Gasteiger partial charge in [0.25, 0.3) is 0 Å². The summed E-state index contributed by atoms with van der Waals surface area (Å²) in [6.45, 7) is 6.18. The maximum absolute atomic E-state index is 13.2. The van der Waals surface area contributed by atoms with E-state index in [9.17, 15) is 4.39 Å². The van der Waals surface area contributed by atoms with Crippen molar-refractivity contribution in [3.05, 3.63) is 23.0 Å². The fourth-order valence-corrected chi connectivity index (χ4v) is 1.71. The molecular formula is C12H15F. The molecule has 0 aliphatic heterocycles. The quantitative estimate of drug-likeness (QED) is 0.539. The second-order valence-electron chi connectivity index (χ2n) is 3.82. The molecule has 0 aromatic rings. The SMILES string of the molecule is C#CC1CC(C(C)C)=C(C)C=C1F. The first-order valence-electron chi connectivity index (χ1n) is 4.59. The van der Waals surface area contributed by atoms with E-state index < -0.39 is 0 Å². The highest BCUT2D eigenvalue weighted by molar-refractivity contribution is 5.35. The second-order valence-corrected chi connectivity index (χ2v) is 3.82. The molecule has 70 valence electrons. The Labute approximate surface area is 79.5 Å². The predicted octanol–water partition coefficient (Wildman–Crippen LogP) is 3.47. The lowest BCUT2D eigenvalue weighted by Gasteiger charge is -2.22. The van der Waals surface area contributed by atoms with Crippen LogP contribution in [0.2, 0.25) is 0 Å². The van der Waals surface area contributed by atoms with Crippen molar-refractivity contribution in [2.24, 2.45) is 11.8 Å². The molecule has 0 amide bonds. The highest BCUT2D eigenvalue weighted by Gasteiger charge is 2.21. The summed E-state index contributed by atoms with van der Waals surface area (Å²) in [5.41, 5.74) is 2.32. The van der Waals surface area contributed by atoms with Crippen LogP contribution in [0, 0.1) is 24.2 Å². The first kappa shape index (κ1) is 10.1. The van der Waals surface area contributed by atoms with Gasteiger partial charge in [-0.15, -0.1) is 6.42 Å². The van der Waals surface area contributed by atoms with Crippen molar-refractivity contribution >= 4 is 0 Å². The van der Waals surface area contributed by atoms with Gasteiger partial charge in [-0.05, 0) is 30.9 Å². The first-order chi connectivity index (χ1) is 6.06. The van der Waals surface area contributed by atoms with Crippen molar-refractivity contribution < 1.29 is 4.39 Å². The Hall–Kier alpha value is -1.03. The van der Waals surface area contributed by atoms with Gasteiger partial charge < -0.3 is 0 Å². The van der Waals surface area contributed by atoms with Crippen molar-refractivity contribution in [2.75, 3.05) is 0 Å².